The normalized spacial score (nSPS) is 13.8. The first kappa shape index (κ1) is 13.8. The van der Waals surface area contributed by atoms with E-state index >= 15 is 0 Å². The van der Waals surface area contributed by atoms with Crippen LogP contribution < -0.4 is 16.0 Å². The van der Waals surface area contributed by atoms with Crippen LogP contribution in [-0.4, -0.2) is 23.6 Å². The molecule has 4 nitrogen and oxygen atoms in total. The highest BCUT2D eigenvalue weighted by molar-refractivity contribution is 7.80. The average Bonchev–Trinajstić information content (AvgIpc) is 3.16. The number of thiocarbonyl (C=S) groups is 1. The molecule has 0 bridgehead atoms. The molecule has 0 saturated heterocycles. The van der Waals surface area contributed by atoms with Crippen LogP contribution in [0.2, 0.25) is 0 Å². The first-order valence-corrected chi connectivity index (χ1v) is 6.87. The molecule has 0 radical (unpaired) electrons. The highest BCUT2D eigenvalue weighted by Gasteiger charge is 2.22. The predicted octanol–water partition coefficient (Wildman–Crippen LogP) is 1.87. The quantitative estimate of drug-likeness (QED) is 0.736. The van der Waals surface area contributed by atoms with Gasteiger partial charge in [0.05, 0.1) is 6.54 Å². The van der Waals surface area contributed by atoms with Gasteiger partial charge in [0.25, 0.3) is 0 Å². The molecule has 0 aliphatic heterocycles. The smallest absolute Gasteiger partial charge is 0.239 e. The molecular weight excluding hydrogens is 258 g/mol. The Hall–Kier alpha value is -1.62. The Balaban J connectivity index is 1.80. The largest absolute Gasteiger partial charge is 0.353 e. The number of amides is 1. The van der Waals surface area contributed by atoms with Crippen LogP contribution in [0.4, 0.5) is 5.69 Å². The van der Waals surface area contributed by atoms with Gasteiger partial charge in [0.1, 0.15) is 0 Å². The lowest BCUT2D eigenvalue weighted by molar-refractivity contribution is -0.120. The standard InChI is InChI=1S/C14H19N3OS/c1-9-4-3-5-12(10(9)2)17-14(19)15-8-13(18)16-11-6-7-11/h3-5,11H,6-8H2,1-2H3,(H,16,18)(H2,15,17,19). The van der Waals surface area contributed by atoms with Gasteiger partial charge >= 0.3 is 0 Å². The zero-order chi connectivity index (χ0) is 13.8. The van der Waals surface area contributed by atoms with E-state index in [1.807, 2.05) is 19.1 Å². The van der Waals surface area contributed by atoms with Gasteiger partial charge in [-0.15, -0.1) is 0 Å². The summed E-state index contributed by atoms with van der Waals surface area (Å²) in [5.41, 5.74) is 3.34. The topological polar surface area (TPSA) is 53.2 Å². The lowest BCUT2D eigenvalue weighted by Crippen LogP contribution is -2.39. The number of benzene rings is 1. The van der Waals surface area contributed by atoms with Crippen molar-refractivity contribution in [2.75, 3.05) is 11.9 Å². The molecule has 1 aromatic carbocycles. The lowest BCUT2D eigenvalue weighted by atomic mass is 10.1. The summed E-state index contributed by atoms with van der Waals surface area (Å²) >= 11 is 5.18. The van der Waals surface area contributed by atoms with Gasteiger partial charge in [0.15, 0.2) is 5.11 Å². The van der Waals surface area contributed by atoms with Gasteiger partial charge in [-0.05, 0) is 56.1 Å². The molecule has 0 spiro atoms. The van der Waals surface area contributed by atoms with Gasteiger partial charge in [-0.25, -0.2) is 0 Å². The Kier molecular flexibility index (Phi) is 4.37. The molecule has 2 rings (SSSR count). The molecule has 1 saturated carbocycles. The number of carbonyl (C=O) groups excluding carboxylic acids is 1. The van der Waals surface area contributed by atoms with Gasteiger partial charge in [0, 0.05) is 11.7 Å². The molecule has 3 N–H and O–H groups in total. The van der Waals surface area contributed by atoms with Crippen molar-refractivity contribution in [3.8, 4) is 0 Å². The second-order valence-corrected chi connectivity index (χ2v) is 5.31. The van der Waals surface area contributed by atoms with Gasteiger partial charge in [-0.2, -0.15) is 0 Å². The van der Waals surface area contributed by atoms with Crippen LogP contribution in [-0.2, 0) is 4.79 Å². The van der Waals surface area contributed by atoms with Gasteiger partial charge in [0.2, 0.25) is 5.91 Å². The fourth-order valence-electron chi connectivity index (χ4n) is 1.72. The SMILES string of the molecule is Cc1cccc(NC(=S)NCC(=O)NC2CC2)c1C. The van der Waals surface area contributed by atoms with Gasteiger partial charge < -0.3 is 16.0 Å². The van der Waals surface area contributed by atoms with E-state index in [1.54, 1.807) is 0 Å². The maximum Gasteiger partial charge on any atom is 0.239 e. The zero-order valence-electron chi connectivity index (χ0n) is 11.2. The van der Waals surface area contributed by atoms with Crippen molar-refractivity contribution >= 4 is 28.9 Å². The summed E-state index contributed by atoms with van der Waals surface area (Å²) in [5.74, 6) is -0.00684. The number of carbonyl (C=O) groups is 1. The molecule has 0 unspecified atom stereocenters. The summed E-state index contributed by atoms with van der Waals surface area (Å²) < 4.78 is 0. The molecule has 1 aliphatic carbocycles. The summed E-state index contributed by atoms with van der Waals surface area (Å²) in [7, 11) is 0. The molecule has 102 valence electrons. The van der Waals surface area contributed by atoms with Crippen LogP contribution in [0, 0.1) is 13.8 Å². The van der Waals surface area contributed by atoms with E-state index in [9.17, 15) is 4.79 Å². The first-order valence-electron chi connectivity index (χ1n) is 6.46. The monoisotopic (exact) mass is 277 g/mol. The number of aryl methyl sites for hydroxylation is 1. The minimum Gasteiger partial charge on any atom is -0.353 e. The molecule has 1 aliphatic rings. The molecule has 0 heterocycles. The number of anilines is 1. The summed E-state index contributed by atoms with van der Waals surface area (Å²) in [4.78, 5) is 11.5. The predicted molar refractivity (Wildman–Crippen MR) is 81.3 cm³/mol. The molecule has 1 amide bonds. The Bertz CT molecular complexity index is 497. The van der Waals surface area contributed by atoms with Crippen molar-refractivity contribution in [1.29, 1.82) is 0 Å². The molecule has 5 heteroatoms. The molecule has 1 aromatic rings. The van der Waals surface area contributed by atoms with Crippen molar-refractivity contribution < 1.29 is 4.79 Å². The van der Waals surface area contributed by atoms with Crippen LogP contribution in [0.25, 0.3) is 0 Å². The Labute approximate surface area is 119 Å². The van der Waals surface area contributed by atoms with E-state index in [0.717, 1.165) is 24.1 Å². The minimum atomic E-state index is -0.00684. The Morgan fingerprint density at radius 2 is 2.11 bits per heavy atom. The molecule has 19 heavy (non-hydrogen) atoms. The molecule has 0 aromatic heterocycles. The Morgan fingerprint density at radius 1 is 1.37 bits per heavy atom. The fourth-order valence-corrected chi connectivity index (χ4v) is 1.90. The summed E-state index contributed by atoms with van der Waals surface area (Å²) in [6, 6.07) is 6.39. The van der Waals surface area contributed by atoms with E-state index < -0.39 is 0 Å². The van der Waals surface area contributed by atoms with Crippen molar-refractivity contribution in [3.05, 3.63) is 29.3 Å². The summed E-state index contributed by atoms with van der Waals surface area (Å²) in [6.07, 6.45) is 2.19. The van der Waals surface area contributed by atoms with Crippen molar-refractivity contribution in [3.63, 3.8) is 0 Å². The van der Waals surface area contributed by atoms with E-state index in [4.69, 9.17) is 12.2 Å². The van der Waals surface area contributed by atoms with Crippen LogP contribution in [0.15, 0.2) is 18.2 Å². The van der Waals surface area contributed by atoms with E-state index in [0.29, 0.717) is 11.2 Å². The van der Waals surface area contributed by atoms with Crippen molar-refractivity contribution in [2.24, 2.45) is 0 Å². The molecular formula is C14H19N3OS. The van der Waals surface area contributed by atoms with Crippen LogP contribution in [0.1, 0.15) is 24.0 Å². The summed E-state index contributed by atoms with van der Waals surface area (Å²) in [6.45, 7) is 4.31. The van der Waals surface area contributed by atoms with Gasteiger partial charge in [-0.1, -0.05) is 12.1 Å². The first-order chi connectivity index (χ1) is 9.06. The van der Waals surface area contributed by atoms with E-state index in [-0.39, 0.29) is 12.5 Å². The third-order valence-corrected chi connectivity index (χ3v) is 3.45. The maximum absolute atomic E-state index is 11.5. The van der Waals surface area contributed by atoms with Crippen LogP contribution in [0.5, 0.6) is 0 Å². The minimum absolute atomic E-state index is 0.00684. The van der Waals surface area contributed by atoms with E-state index in [2.05, 4.69) is 28.9 Å². The van der Waals surface area contributed by atoms with Crippen molar-refractivity contribution in [2.45, 2.75) is 32.7 Å². The zero-order valence-corrected chi connectivity index (χ0v) is 12.1. The third-order valence-electron chi connectivity index (χ3n) is 3.20. The van der Waals surface area contributed by atoms with Crippen LogP contribution in [0.3, 0.4) is 0 Å². The third kappa shape index (κ3) is 4.21. The van der Waals surface area contributed by atoms with Crippen LogP contribution >= 0.6 is 12.2 Å². The molecule has 1 fully saturated rings. The number of hydrogen-bond donors (Lipinski definition) is 3. The highest BCUT2D eigenvalue weighted by atomic mass is 32.1. The lowest BCUT2D eigenvalue weighted by Gasteiger charge is -2.13. The Morgan fingerprint density at radius 3 is 2.79 bits per heavy atom. The molecule has 0 atom stereocenters. The fraction of sp³-hybridized carbons (Fsp3) is 0.429. The second kappa shape index (κ2) is 6.02. The maximum atomic E-state index is 11.5. The average molecular weight is 277 g/mol. The number of rotatable bonds is 4. The highest BCUT2D eigenvalue weighted by Crippen LogP contribution is 2.18. The summed E-state index contributed by atoms with van der Waals surface area (Å²) in [5, 5.41) is 9.41. The number of hydrogen-bond acceptors (Lipinski definition) is 2. The van der Waals surface area contributed by atoms with Crippen molar-refractivity contribution in [1.82, 2.24) is 10.6 Å². The second-order valence-electron chi connectivity index (χ2n) is 4.90. The number of nitrogens with one attached hydrogen (secondary N) is 3. The van der Waals surface area contributed by atoms with E-state index in [1.165, 1.54) is 5.56 Å². The van der Waals surface area contributed by atoms with Gasteiger partial charge in [-0.3, -0.25) is 4.79 Å².